The third-order valence-corrected chi connectivity index (χ3v) is 0. The van der Waals surface area contributed by atoms with Gasteiger partial charge < -0.3 is 6.15 Å². The van der Waals surface area contributed by atoms with Gasteiger partial charge in [0.2, 0.25) is 0 Å². The van der Waals surface area contributed by atoms with Crippen LogP contribution in [-0.2, 0) is 0 Å². The first-order chi connectivity index (χ1) is 1.41. The predicted molar refractivity (Wildman–Crippen MR) is 38.3 cm³/mol. The first kappa shape index (κ1) is 28.2. The van der Waals surface area contributed by atoms with Crippen LogP contribution in [0.2, 0.25) is 0 Å². The quantitative estimate of drug-likeness (QED) is 0.529. The van der Waals surface area contributed by atoms with Gasteiger partial charge in [-0.25, -0.2) is 0 Å². The van der Waals surface area contributed by atoms with Gasteiger partial charge in [0.1, 0.15) is 0 Å². The normalized spacial score (nSPS) is 3.00. The Morgan fingerprint density at radius 3 is 1.00 bits per heavy atom. The molecule has 0 atom stereocenters. The van der Waals surface area contributed by atoms with E-state index >= 15 is 0 Å². The van der Waals surface area contributed by atoms with E-state index in [4.69, 9.17) is 0 Å². The van der Waals surface area contributed by atoms with Gasteiger partial charge in [0, 0.05) is 0 Å². The van der Waals surface area contributed by atoms with Gasteiger partial charge in [-0.2, -0.15) is 0 Å². The molecule has 0 aromatic carbocycles. The monoisotopic (exact) mass is 150 g/mol. The average molecular weight is 151 g/mol. The minimum Gasteiger partial charge on any atom is -0.344 e. The van der Waals surface area contributed by atoms with E-state index in [1.807, 2.05) is 0 Å². The van der Waals surface area contributed by atoms with Gasteiger partial charge in [-0.3, -0.25) is 0 Å². The zero-order chi connectivity index (χ0) is 2.71. The van der Waals surface area contributed by atoms with Crippen LogP contribution in [0.1, 0.15) is 0 Å². The zero-order valence-corrected chi connectivity index (χ0v) is 6.50. The second-order valence-corrected chi connectivity index (χ2v) is 1.34. The Morgan fingerprint density at radius 1 is 1.00 bits per heavy atom. The van der Waals surface area contributed by atoms with Crippen LogP contribution in [0.3, 0.4) is 0 Å². The summed E-state index contributed by atoms with van der Waals surface area (Å²) < 4.78 is 0. The van der Waals surface area contributed by atoms with Crippen molar-refractivity contribution in [2.45, 2.75) is 0 Å². The summed E-state index contributed by atoms with van der Waals surface area (Å²) in [4.78, 5) is 0. The highest BCUT2D eigenvalue weighted by molar-refractivity contribution is 7.35. The topological polar surface area (TPSA) is 35.0 Å². The van der Waals surface area contributed by atoms with Crippen molar-refractivity contribution in [1.82, 2.24) is 6.15 Å². The molecule has 4 heteroatoms. The molecule has 0 aliphatic carbocycles. The van der Waals surface area contributed by atoms with Crippen LogP contribution in [-0.4, -0.2) is 13.3 Å². The molecule has 0 fully saturated rings. The summed E-state index contributed by atoms with van der Waals surface area (Å²) in [7, 11) is 1.42. The SMILES string of the molecule is C[P]C.Cl.Cl.N. The standard InChI is InChI=1S/C2H6P.2ClH.H3N/c1-3-2;;;/h1-2H3;2*1H;1H3. The van der Waals surface area contributed by atoms with Crippen molar-refractivity contribution in [3.63, 3.8) is 0 Å². The number of hydrogen-bond acceptors (Lipinski definition) is 1. The van der Waals surface area contributed by atoms with Crippen molar-refractivity contribution in [3.05, 3.63) is 0 Å². The molecule has 0 amide bonds. The number of hydrogen-bond donors (Lipinski definition) is 1. The molecule has 3 N–H and O–H groups in total. The van der Waals surface area contributed by atoms with E-state index in [1.54, 1.807) is 0 Å². The van der Waals surface area contributed by atoms with E-state index in [1.165, 1.54) is 8.58 Å². The van der Waals surface area contributed by atoms with E-state index in [-0.39, 0.29) is 31.0 Å². The van der Waals surface area contributed by atoms with Gasteiger partial charge in [0.15, 0.2) is 0 Å². The summed E-state index contributed by atoms with van der Waals surface area (Å²) in [5.74, 6) is 0. The van der Waals surface area contributed by atoms with Crippen LogP contribution < -0.4 is 6.15 Å². The molecule has 1 nitrogen and oxygen atoms in total. The minimum absolute atomic E-state index is 0. The van der Waals surface area contributed by atoms with Gasteiger partial charge in [0.25, 0.3) is 0 Å². The third-order valence-electron chi connectivity index (χ3n) is 0. The zero-order valence-electron chi connectivity index (χ0n) is 3.97. The predicted octanol–water partition coefficient (Wildman–Crippen LogP) is 2.20. The van der Waals surface area contributed by atoms with E-state index in [0.29, 0.717) is 0 Å². The third kappa shape index (κ3) is 83.3. The fourth-order valence-corrected chi connectivity index (χ4v) is 0. The Bertz CT molecular complexity index is 11.5. The molecule has 0 heterocycles. The molecule has 0 saturated heterocycles. The van der Waals surface area contributed by atoms with Crippen molar-refractivity contribution < 1.29 is 0 Å². The van der Waals surface area contributed by atoms with Gasteiger partial charge >= 0.3 is 0 Å². The number of rotatable bonds is 0. The maximum absolute atomic E-state index is 2.10. The Hall–Kier alpha value is 0.970. The van der Waals surface area contributed by atoms with E-state index in [0.717, 1.165) is 0 Å². The van der Waals surface area contributed by atoms with Crippen molar-refractivity contribution >= 4 is 33.4 Å². The van der Waals surface area contributed by atoms with Crippen LogP contribution in [0.5, 0.6) is 0 Å². The molecule has 0 bridgehead atoms. The lowest BCUT2D eigenvalue weighted by Crippen LogP contribution is -1.18. The molecule has 0 rings (SSSR count). The van der Waals surface area contributed by atoms with E-state index in [2.05, 4.69) is 13.3 Å². The molecule has 0 aromatic heterocycles. The fraction of sp³-hybridized carbons (Fsp3) is 1.00. The highest BCUT2D eigenvalue weighted by Gasteiger charge is 1.35. The molecule has 43 valence electrons. The Balaban J connectivity index is -0.00000000667. The van der Waals surface area contributed by atoms with Crippen LogP contribution in [0, 0.1) is 0 Å². The Labute approximate surface area is 53.5 Å². The summed E-state index contributed by atoms with van der Waals surface area (Å²) in [6.45, 7) is 4.19. The number of halogens is 2. The molecule has 0 aromatic rings. The summed E-state index contributed by atoms with van der Waals surface area (Å²) in [6, 6.07) is 0. The van der Waals surface area contributed by atoms with Crippen molar-refractivity contribution in [2.24, 2.45) is 0 Å². The van der Waals surface area contributed by atoms with Gasteiger partial charge in [-0.05, 0) is 13.3 Å². The lowest BCUT2D eigenvalue weighted by Gasteiger charge is -1.48. The molecule has 6 heavy (non-hydrogen) atoms. The van der Waals surface area contributed by atoms with E-state index in [9.17, 15) is 0 Å². The van der Waals surface area contributed by atoms with Crippen LogP contribution >= 0.6 is 33.4 Å². The molecule has 0 saturated carbocycles. The smallest absolute Gasteiger partial charge is 0.0408 e. The maximum Gasteiger partial charge on any atom is -0.0408 e. The van der Waals surface area contributed by atoms with Crippen LogP contribution in [0.25, 0.3) is 0 Å². The molecular formula is C2H11Cl2NP. The Kier molecular flexibility index (Phi) is 178. The molecule has 1 radical (unpaired) electrons. The molecule has 0 spiro atoms. The molecule has 0 aliphatic heterocycles. The van der Waals surface area contributed by atoms with Gasteiger partial charge in [-0.15, -0.1) is 24.8 Å². The molecule has 0 aliphatic rings. The minimum atomic E-state index is 0. The molecule has 0 unspecified atom stereocenters. The summed E-state index contributed by atoms with van der Waals surface area (Å²) in [5, 5.41) is 0. The fourth-order valence-electron chi connectivity index (χ4n) is 0. The first-order valence-electron chi connectivity index (χ1n) is 0.894. The van der Waals surface area contributed by atoms with E-state index < -0.39 is 0 Å². The van der Waals surface area contributed by atoms with Crippen molar-refractivity contribution in [3.8, 4) is 0 Å². The maximum atomic E-state index is 2.10. The molecular weight excluding hydrogens is 140 g/mol. The largest absolute Gasteiger partial charge is 0.344 e. The van der Waals surface area contributed by atoms with Gasteiger partial charge in [-0.1, -0.05) is 8.58 Å². The lowest BCUT2D eigenvalue weighted by molar-refractivity contribution is 2.13. The second kappa shape index (κ2) is 38.0. The lowest BCUT2D eigenvalue weighted by atomic mass is 11.9. The summed E-state index contributed by atoms with van der Waals surface area (Å²) in [6.07, 6.45) is 0. The average Bonchev–Trinajstić information content (AvgIpc) is 0.918. The highest BCUT2D eigenvalue weighted by Crippen LogP contribution is 1.84. The van der Waals surface area contributed by atoms with Crippen LogP contribution in [0.4, 0.5) is 0 Å². The second-order valence-electron chi connectivity index (χ2n) is 0.447. The van der Waals surface area contributed by atoms with Crippen LogP contribution in [0.15, 0.2) is 0 Å². The Morgan fingerprint density at radius 2 is 1.00 bits per heavy atom. The van der Waals surface area contributed by atoms with Gasteiger partial charge in [0.05, 0.1) is 0 Å². The summed E-state index contributed by atoms with van der Waals surface area (Å²) >= 11 is 0. The van der Waals surface area contributed by atoms with Crippen molar-refractivity contribution in [2.75, 3.05) is 13.3 Å². The highest BCUT2D eigenvalue weighted by atomic mass is 35.5. The van der Waals surface area contributed by atoms with Crippen molar-refractivity contribution in [1.29, 1.82) is 0 Å². The summed E-state index contributed by atoms with van der Waals surface area (Å²) in [5.41, 5.74) is 0. The first-order valence-corrected chi connectivity index (χ1v) is 2.68.